The number of carbonyl (C=O) groups is 2. The molecule has 12 atom stereocenters. The average molecular weight is 648 g/mol. The van der Waals surface area contributed by atoms with E-state index < -0.39 is 0 Å². The first-order chi connectivity index (χ1) is 22.6. The smallest absolute Gasteiger partial charge is 0.231 e. The summed E-state index contributed by atoms with van der Waals surface area (Å²) in [6, 6.07) is 6.02. The number of fused-ring (bicyclic) bond motifs is 8. The lowest BCUT2D eigenvalue weighted by molar-refractivity contribution is -0.137. The molecule has 0 radical (unpaired) electrons. The van der Waals surface area contributed by atoms with E-state index in [1.807, 2.05) is 18.2 Å². The average Bonchev–Trinajstić information content (AvgIpc) is 3.70. The highest BCUT2D eigenvalue weighted by atomic mass is 16.7. The number of nitrogens with one attached hydrogen (secondary N) is 3. The summed E-state index contributed by atoms with van der Waals surface area (Å²) >= 11 is 0. The van der Waals surface area contributed by atoms with Crippen LogP contribution in [0.25, 0.3) is 0 Å². The Bertz CT molecular complexity index is 1380. The number of hydrogen-bond donors (Lipinski definition) is 3. The molecule has 1 aromatic rings. The first kappa shape index (κ1) is 31.9. The summed E-state index contributed by atoms with van der Waals surface area (Å²) in [4.78, 5) is 25.5. The number of carbonyl (C=O) groups excluding carboxylic acids is 2. The minimum atomic E-state index is -0.214. The van der Waals surface area contributed by atoms with Gasteiger partial charge in [-0.25, -0.2) is 0 Å². The lowest BCUT2D eigenvalue weighted by Crippen LogP contribution is -2.58. The van der Waals surface area contributed by atoms with Crippen molar-refractivity contribution >= 4 is 11.8 Å². The predicted molar refractivity (Wildman–Crippen MR) is 180 cm³/mol. The molecule has 8 heteroatoms. The number of hydrogen-bond acceptors (Lipinski definition) is 6. The molecular weight excluding hydrogens is 590 g/mol. The second-order valence-electron chi connectivity index (χ2n) is 17.3. The van der Waals surface area contributed by atoms with E-state index in [4.69, 9.17) is 14.2 Å². The van der Waals surface area contributed by atoms with Crippen LogP contribution in [0.3, 0.4) is 0 Å². The van der Waals surface area contributed by atoms with Crippen LogP contribution in [-0.4, -0.2) is 49.6 Å². The molecule has 258 valence electrons. The number of benzene rings is 1. The summed E-state index contributed by atoms with van der Waals surface area (Å²) in [6.07, 6.45) is 13.2. The fourth-order valence-corrected chi connectivity index (χ4v) is 12.5. The molecule has 2 amide bonds. The van der Waals surface area contributed by atoms with Gasteiger partial charge in [0.1, 0.15) is 12.1 Å². The molecule has 8 rings (SSSR count). The van der Waals surface area contributed by atoms with Crippen molar-refractivity contribution in [3.8, 4) is 11.5 Å². The minimum Gasteiger partial charge on any atom is -0.454 e. The van der Waals surface area contributed by atoms with Gasteiger partial charge in [0.25, 0.3) is 0 Å². The maximum Gasteiger partial charge on any atom is 0.231 e. The van der Waals surface area contributed by atoms with Crippen molar-refractivity contribution in [1.29, 1.82) is 0 Å². The molecule has 0 unspecified atom stereocenters. The van der Waals surface area contributed by atoms with E-state index in [-0.39, 0.29) is 36.8 Å². The van der Waals surface area contributed by atoms with Crippen LogP contribution in [0.5, 0.6) is 11.5 Å². The molecule has 4 saturated carbocycles. The number of amides is 2. The second-order valence-corrected chi connectivity index (χ2v) is 17.3. The van der Waals surface area contributed by atoms with Gasteiger partial charge < -0.3 is 24.8 Å². The molecule has 3 aliphatic heterocycles. The van der Waals surface area contributed by atoms with Gasteiger partial charge in [0.05, 0.1) is 6.10 Å². The number of piperidine rings is 1. The molecule has 3 N–H and O–H groups in total. The van der Waals surface area contributed by atoms with Crippen molar-refractivity contribution in [2.75, 3.05) is 19.9 Å². The van der Waals surface area contributed by atoms with Crippen molar-refractivity contribution in [2.45, 2.75) is 123 Å². The van der Waals surface area contributed by atoms with Gasteiger partial charge in [-0.3, -0.25) is 14.9 Å². The van der Waals surface area contributed by atoms with Gasteiger partial charge in [0.2, 0.25) is 18.6 Å². The highest BCUT2D eigenvalue weighted by Crippen LogP contribution is 2.71. The third kappa shape index (κ3) is 5.39. The van der Waals surface area contributed by atoms with Gasteiger partial charge in [-0.05, 0) is 135 Å². The fourth-order valence-electron chi connectivity index (χ4n) is 12.5. The molecule has 3 heterocycles. The third-order valence-corrected chi connectivity index (χ3v) is 15.0. The van der Waals surface area contributed by atoms with E-state index in [1.165, 1.54) is 51.4 Å². The Morgan fingerprint density at radius 3 is 2.57 bits per heavy atom. The molecule has 8 nitrogen and oxygen atoms in total. The SMILES string of the molecule is C[C@@H]1CC[C@@]2(NC1)O[C@H]1C[C@H]3[C@@H]4CC[C@@H]5C[C@@H](NC(=O)CC(=O)NCCc6ccc7c(c6)OCO7)CC[C@]5(C)[C@H]4CC[C@]3(C)[C@H]1[C@@H]2C. The summed E-state index contributed by atoms with van der Waals surface area (Å²) in [5.41, 5.74) is 1.72. The molecule has 6 fully saturated rings. The highest BCUT2D eigenvalue weighted by molar-refractivity contribution is 5.96. The highest BCUT2D eigenvalue weighted by Gasteiger charge is 2.68. The van der Waals surface area contributed by atoms with Crippen molar-refractivity contribution in [3.05, 3.63) is 23.8 Å². The van der Waals surface area contributed by atoms with Gasteiger partial charge in [0, 0.05) is 25.0 Å². The summed E-state index contributed by atoms with van der Waals surface area (Å²) in [6.45, 7) is 11.9. The molecule has 0 bridgehead atoms. The normalized spacial score (nSPS) is 44.6. The van der Waals surface area contributed by atoms with Crippen molar-refractivity contribution in [3.63, 3.8) is 0 Å². The zero-order valence-corrected chi connectivity index (χ0v) is 29.1. The number of rotatable bonds is 6. The summed E-state index contributed by atoms with van der Waals surface area (Å²) in [7, 11) is 0. The van der Waals surface area contributed by atoms with Crippen LogP contribution in [0.4, 0.5) is 0 Å². The molecule has 1 aromatic carbocycles. The van der Waals surface area contributed by atoms with E-state index in [0.29, 0.717) is 47.7 Å². The van der Waals surface area contributed by atoms with E-state index in [0.717, 1.165) is 60.1 Å². The zero-order valence-electron chi connectivity index (χ0n) is 29.1. The van der Waals surface area contributed by atoms with Crippen molar-refractivity contribution in [1.82, 2.24) is 16.0 Å². The summed E-state index contributed by atoms with van der Waals surface area (Å²) in [5, 5.41) is 10.1. The maximum atomic E-state index is 12.9. The molecule has 4 aliphatic carbocycles. The van der Waals surface area contributed by atoms with Crippen LogP contribution in [0.15, 0.2) is 18.2 Å². The summed E-state index contributed by atoms with van der Waals surface area (Å²) < 4.78 is 17.9. The van der Waals surface area contributed by atoms with Gasteiger partial charge >= 0.3 is 0 Å². The molecular formula is C39H57N3O5. The van der Waals surface area contributed by atoms with Crippen molar-refractivity contribution < 1.29 is 23.8 Å². The van der Waals surface area contributed by atoms with Crippen LogP contribution < -0.4 is 25.4 Å². The maximum absolute atomic E-state index is 12.9. The Morgan fingerprint density at radius 2 is 1.74 bits per heavy atom. The van der Waals surface area contributed by atoms with Crippen LogP contribution in [0.1, 0.15) is 104 Å². The van der Waals surface area contributed by atoms with E-state index in [2.05, 4.69) is 43.6 Å². The van der Waals surface area contributed by atoms with Crippen LogP contribution in [-0.2, 0) is 20.7 Å². The summed E-state index contributed by atoms with van der Waals surface area (Å²) in [5.74, 6) is 6.15. The molecule has 47 heavy (non-hydrogen) atoms. The van der Waals surface area contributed by atoms with E-state index in [1.54, 1.807) is 0 Å². The van der Waals surface area contributed by atoms with E-state index >= 15 is 0 Å². The Balaban J connectivity index is 0.832. The monoisotopic (exact) mass is 647 g/mol. The van der Waals surface area contributed by atoms with Gasteiger partial charge in [0.15, 0.2) is 11.5 Å². The molecule has 2 saturated heterocycles. The van der Waals surface area contributed by atoms with E-state index in [9.17, 15) is 9.59 Å². The fraction of sp³-hybridized carbons (Fsp3) is 0.795. The van der Waals surface area contributed by atoms with Gasteiger partial charge in [-0.1, -0.05) is 33.8 Å². The Labute approximate surface area is 281 Å². The van der Waals surface area contributed by atoms with Crippen LogP contribution in [0, 0.1) is 52.3 Å². The first-order valence-electron chi connectivity index (χ1n) is 19.0. The predicted octanol–water partition coefficient (Wildman–Crippen LogP) is 5.97. The number of ether oxygens (including phenoxy) is 3. The third-order valence-electron chi connectivity index (χ3n) is 15.0. The van der Waals surface area contributed by atoms with Gasteiger partial charge in [-0.15, -0.1) is 0 Å². The second kappa shape index (κ2) is 11.9. The minimum absolute atomic E-state index is 0.0893. The molecule has 7 aliphatic rings. The zero-order chi connectivity index (χ0) is 32.6. The largest absolute Gasteiger partial charge is 0.454 e. The molecule has 0 aromatic heterocycles. The van der Waals surface area contributed by atoms with Gasteiger partial charge in [-0.2, -0.15) is 0 Å². The lowest BCUT2D eigenvalue weighted by atomic mass is 9.44. The Morgan fingerprint density at radius 1 is 0.915 bits per heavy atom. The molecule has 1 spiro atoms. The van der Waals surface area contributed by atoms with Crippen LogP contribution >= 0.6 is 0 Å². The first-order valence-corrected chi connectivity index (χ1v) is 19.0. The van der Waals surface area contributed by atoms with Crippen LogP contribution in [0.2, 0.25) is 0 Å². The standard InChI is InChI=1S/C39H57N3O5/c1-23-9-15-39(41-21-23)24(2)36-33(47-39)19-30-28-7-6-26-18-27(10-13-37(26,3)29(28)11-14-38(30,36)4)42-35(44)20-34(43)40-16-12-25-5-8-31-32(17-25)46-22-45-31/h5,8,17,23-24,26-30,33,36,41H,6-7,9-16,18-22H2,1-4H3,(H,40,43)(H,42,44)/t23-,24+,26-,27+,28-,29+,30+,33+,36+,37+,38+,39-/m1/s1. The topological polar surface area (TPSA) is 97.9 Å². The Kier molecular flexibility index (Phi) is 8.10. The Hall–Kier alpha value is -2.32. The quantitative estimate of drug-likeness (QED) is 0.330. The van der Waals surface area contributed by atoms with Crippen molar-refractivity contribution in [2.24, 2.45) is 52.3 Å². The lowest BCUT2D eigenvalue weighted by Gasteiger charge is -2.61.